The third-order valence-electron chi connectivity index (χ3n) is 5.61. The van der Waals surface area contributed by atoms with Crippen LogP contribution in [0.4, 0.5) is 5.69 Å². The van der Waals surface area contributed by atoms with Crippen LogP contribution in [0.5, 0.6) is 0 Å². The number of imidazole rings is 1. The number of pyridine rings is 1. The maximum Gasteiger partial charge on any atom is 0.337 e. The number of carbonyl (C=O) groups is 1. The van der Waals surface area contributed by atoms with E-state index in [1.54, 1.807) is 30.3 Å². The molecule has 0 aliphatic carbocycles. The Balaban J connectivity index is 1.64. The van der Waals surface area contributed by atoms with E-state index in [-0.39, 0.29) is 17.0 Å². The molecule has 0 amide bonds. The highest BCUT2D eigenvalue weighted by Crippen LogP contribution is 2.31. The van der Waals surface area contributed by atoms with Crippen LogP contribution < -0.4 is 10.7 Å². The molecule has 0 fully saturated rings. The summed E-state index contributed by atoms with van der Waals surface area (Å²) in [4.78, 5) is 29.2. The molecule has 3 heterocycles. The van der Waals surface area contributed by atoms with Crippen LogP contribution in [0.1, 0.15) is 34.5 Å². The Morgan fingerprint density at radius 3 is 2.70 bits per heavy atom. The summed E-state index contributed by atoms with van der Waals surface area (Å²) in [6, 6.07) is 17.3. The molecule has 1 atom stereocenters. The lowest BCUT2D eigenvalue weighted by molar-refractivity contribution is 0.0698. The third kappa shape index (κ3) is 3.74. The quantitative estimate of drug-likeness (QED) is 0.386. The molecule has 2 aromatic carbocycles. The molecule has 3 aromatic heterocycles. The second-order valence-electron chi connectivity index (χ2n) is 8.01. The van der Waals surface area contributed by atoms with Crippen LogP contribution in [0, 0.1) is 6.92 Å². The van der Waals surface area contributed by atoms with Gasteiger partial charge in [0.15, 0.2) is 11.2 Å². The summed E-state index contributed by atoms with van der Waals surface area (Å²) >= 11 is 0. The molecule has 2 N–H and O–H groups in total. The van der Waals surface area contributed by atoms with Gasteiger partial charge in [0.2, 0.25) is 0 Å². The van der Waals surface area contributed by atoms with E-state index in [0.29, 0.717) is 28.1 Å². The summed E-state index contributed by atoms with van der Waals surface area (Å²) < 4.78 is 8.11. The molecule has 0 radical (unpaired) electrons. The Morgan fingerprint density at radius 2 is 1.91 bits per heavy atom. The number of aromatic nitrogens is 2. The smallest absolute Gasteiger partial charge is 0.337 e. The number of aromatic carboxylic acids is 1. The van der Waals surface area contributed by atoms with Crippen molar-refractivity contribution in [2.45, 2.75) is 19.9 Å². The lowest BCUT2D eigenvalue weighted by Crippen LogP contribution is -2.12. The number of carboxylic acids is 1. The molecule has 0 unspecified atom stereocenters. The number of carboxylic acid groups (broad SMARTS) is 1. The molecule has 164 valence electrons. The molecule has 7 heteroatoms. The van der Waals surface area contributed by atoms with E-state index in [9.17, 15) is 14.7 Å². The Hall–Kier alpha value is -4.39. The first-order chi connectivity index (χ1) is 15.9. The molecule has 33 heavy (non-hydrogen) atoms. The van der Waals surface area contributed by atoms with Gasteiger partial charge in [-0.15, -0.1) is 0 Å². The molecular weight excluding hydrogens is 418 g/mol. The van der Waals surface area contributed by atoms with Crippen LogP contribution in [0.25, 0.3) is 28.1 Å². The Kier molecular flexibility index (Phi) is 4.94. The van der Waals surface area contributed by atoms with Crippen molar-refractivity contribution in [1.82, 2.24) is 9.38 Å². The molecule has 5 aromatic rings. The molecule has 0 saturated heterocycles. The van der Waals surface area contributed by atoms with Gasteiger partial charge in [-0.2, -0.15) is 0 Å². The summed E-state index contributed by atoms with van der Waals surface area (Å²) in [7, 11) is 0. The lowest BCUT2D eigenvalue weighted by atomic mass is 10.0. The minimum atomic E-state index is -1.01. The van der Waals surface area contributed by atoms with E-state index in [1.807, 2.05) is 54.9 Å². The molecule has 0 saturated carbocycles. The second kappa shape index (κ2) is 7.94. The summed E-state index contributed by atoms with van der Waals surface area (Å²) in [6.45, 7) is 3.82. The van der Waals surface area contributed by atoms with Gasteiger partial charge in [-0.1, -0.05) is 24.3 Å². The zero-order valence-corrected chi connectivity index (χ0v) is 18.1. The maximum atomic E-state index is 13.0. The van der Waals surface area contributed by atoms with Gasteiger partial charge < -0.3 is 19.2 Å². The first kappa shape index (κ1) is 20.5. The minimum Gasteiger partial charge on any atom is -0.478 e. The van der Waals surface area contributed by atoms with E-state index in [2.05, 4.69) is 10.3 Å². The zero-order valence-electron chi connectivity index (χ0n) is 18.1. The van der Waals surface area contributed by atoms with Crippen LogP contribution in [0.3, 0.4) is 0 Å². The van der Waals surface area contributed by atoms with Crippen molar-refractivity contribution in [2.75, 3.05) is 5.32 Å². The Morgan fingerprint density at radius 1 is 1.12 bits per heavy atom. The standard InChI is InChI=1S/C26H21N3O4/c1-15-11-18(16(2)27-20-8-4-3-7-17(20)26(31)32)25-19(12-15)22(30)13-23(33-25)21-14-29-10-6-5-9-24(29)28-21/h3-14,16,27H,1-2H3,(H,31,32)/t16-/m1/s1. The molecule has 0 aliphatic heterocycles. The minimum absolute atomic E-state index is 0.161. The summed E-state index contributed by atoms with van der Waals surface area (Å²) in [5.41, 5.74) is 3.93. The summed E-state index contributed by atoms with van der Waals surface area (Å²) in [6.07, 6.45) is 3.70. The average molecular weight is 439 g/mol. The lowest BCUT2D eigenvalue weighted by Gasteiger charge is -2.19. The van der Waals surface area contributed by atoms with E-state index in [0.717, 1.165) is 16.8 Å². The number of anilines is 1. The van der Waals surface area contributed by atoms with Crippen molar-refractivity contribution in [3.05, 3.63) is 100.0 Å². The van der Waals surface area contributed by atoms with Gasteiger partial charge in [0, 0.05) is 29.7 Å². The van der Waals surface area contributed by atoms with Gasteiger partial charge in [-0.05, 0) is 49.7 Å². The summed E-state index contributed by atoms with van der Waals surface area (Å²) in [5, 5.41) is 13.3. The average Bonchev–Trinajstić information content (AvgIpc) is 3.23. The predicted octanol–water partition coefficient (Wildman–Crippen LogP) is 5.29. The molecule has 0 bridgehead atoms. The van der Waals surface area contributed by atoms with Crippen molar-refractivity contribution < 1.29 is 14.3 Å². The van der Waals surface area contributed by atoms with Crippen LogP contribution in [-0.2, 0) is 0 Å². The van der Waals surface area contributed by atoms with Crippen LogP contribution in [-0.4, -0.2) is 20.5 Å². The number of hydrogen-bond acceptors (Lipinski definition) is 5. The van der Waals surface area contributed by atoms with Crippen LogP contribution in [0.15, 0.2) is 82.3 Å². The Bertz CT molecular complexity index is 1550. The number of benzene rings is 2. The fourth-order valence-electron chi connectivity index (χ4n) is 4.04. The number of nitrogens with zero attached hydrogens (tertiary/aromatic N) is 2. The molecule has 5 rings (SSSR count). The van der Waals surface area contributed by atoms with Crippen molar-refractivity contribution >= 4 is 28.3 Å². The van der Waals surface area contributed by atoms with E-state index in [1.165, 1.54) is 6.07 Å². The molecular formula is C26H21N3O4. The summed E-state index contributed by atoms with van der Waals surface area (Å²) in [5.74, 6) is -0.639. The number of fused-ring (bicyclic) bond motifs is 2. The maximum absolute atomic E-state index is 13.0. The molecule has 0 spiro atoms. The second-order valence-corrected chi connectivity index (χ2v) is 8.01. The van der Waals surface area contributed by atoms with Gasteiger partial charge in [0.1, 0.15) is 16.9 Å². The highest BCUT2D eigenvalue weighted by molar-refractivity contribution is 5.94. The first-order valence-corrected chi connectivity index (χ1v) is 10.5. The van der Waals surface area contributed by atoms with Gasteiger partial charge in [0.05, 0.1) is 17.0 Å². The SMILES string of the molecule is Cc1cc([C@@H](C)Nc2ccccc2C(=O)O)c2oc(-c3cn4ccccc4n3)cc(=O)c2c1. The fraction of sp³-hybridized carbons (Fsp3) is 0.115. The van der Waals surface area contributed by atoms with Crippen molar-refractivity contribution in [3.8, 4) is 11.5 Å². The highest BCUT2D eigenvalue weighted by atomic mass is 16.4. The number of nitrogens with one attached hydrogen (secondary N) is 1. The van der Waals surface area contributed by atoms with Crippen LogP contribution >= 0.6 is 0 Å². The van der Waals surface area contributed by atoms with E-state index in [4.69, 9.17) is 4.42 Å². The monoisotopic (exact) mass is 439 g/mol. The normalized spacial score (nSPS) is 12.2. The number of aryl methyl sites for hydroxylation is 1. The van der Waals surface area contributed by atoms with E-state index >= 15 is 0 Å². The van der Waals surface area contributed by atoms with Crippen molar-refractivity contribution in [1.29, 1.82) is 0 Å². The van der Waals surface area contributed by atoms with Gasteiger partial charge in [0.25, 0.3) is 0 Å². The number of rotatable bonds is 5. The Labute approximate surface area is 188 Å². The molecule has 0 aliphatic rings. The van der Waals surface area contributed by atoms with E-state index < -0.39 is 5.97 Å². The fourth-order valence-corrected chi connectivity index (χ4v) is 4.04. The number of para-hydroxylation sites is 1. The predicted molar refractivity (Wildman–Crippen MR) is 127 cm³/mol. The van der Waals surface area contributed by atoms with Gasteiger partial charge in [-0.25, -0.2) is 9.78 Å². The topological polar surface area (TPSA) is 96.8 Å². The highest BCUT2D eigenvalue weighted by Gasteiger charge is 2.19. The molecule has 7 nitrogen and oxygen atoms in total. The first-order valence-electron chi connectivity index (χ1n) is 10.5. The van der Waals surface area contributed by atoms with Gasteiger partial charge >= 0.3 is 5.97 Å². The van der Waals surface area contributed by atoms with Gasteiger partial charge in [-0.3, -0.25) is 4.79 Å². The van der Waals surface area contributed by atoms with Crippen LogP contribution in [0.2, 0.25) is 0 Å². The zero-order chi connectivity index (χ0) is 23.1. The number of hydrogen-bond donors (Lipinski definition) is 2. The largest absolute Gasteiger partial charge is 0.478 e. The third-order valence-corrected chi connectivity index (χ3v) is 5.61. The van der Waals surface area contributed by atoms with Crippen molar-refractivity contribution in [2.24, 2.45) is 0 Å². The van der Waals surface area contributed by atoms with Crippen molar-refractivity contribution in [3.63, 3.8) is 0 Å².